The molecule has 0 unspecified atom stereocenters. The van der Waals surface area contributed by atoms with E-state index in [-0.39, 0.29) is 5.78 Å². The molecule has 3 aromatic carbocycles. The highest BCUT2D eigenvalue weighted by Crippen LogP contribution is 2.29. The van der Waals surface area contributed by atoms with E-state index < -0.39 is 0 Å². The Morgan fingerprint density at radius 2 is 1.71 bits per heavy atom. The normalized spacial score (nSPS) is 11.7. The minimum absolute atomic E-state index is 0.0759. The van der Waals surface area contributed by atoms with Crippen LogP contribution >= 0.6 is 34.7 Å². The molecule has 138 valence electrons. The van der Waals surface area contributed by atoms with Gasteiger partial charge in [-0.2, -0.15) is 0 Å². The van der Waals surface area contributed by atoms with Crippen LogP contribution in [-0.2, 0) is 0 Å². The number of carbonyl (C=O) groups excluding carboxylic acids is 1. The van der Waals surface area contributed by atoms with Gasteiger partial charge in [-0.3, -0.25) is 4.79 Å². The van der Waals surface area contributed by atoms with Gasteiger partial charge in [-0.25, -0.2) is 4.98 Å². The molecule has 0 spiro atoms. The minimum atomic E-state index is -0.0759. The largest absolute Gasteiger partial charge is 0.286 e. The number of thioether (sulfide) groups is 1. The maximum atomic E-state index is 13.4. The number of hydrogen-bond donors (Lipinski definition) is 0. The molecule has 1 aromatic heterocycles. The van der Waals surface area contributed by atoms with Crippen LogP contribution in [0, 0.1) is 0 Å². The van der Waals surface area contributed by atoms with Crippen LogP contribution in [0.3, 0.4) is 0 Å². The zero-order valence-electron chi connectivity index (χ0n) is 15.1. The first-order chi connectivity index (χ1) is 13.6. The molecule has 5 heteroatoms. The molecule has 4 aromatic rings. The summed E-state index contributed by atoms with van der Waals surface area (Å²) in [5, 5.41) is 1.16. The second kappa shape index (κ2) is 8.31. The van der Waals surface area contributed by atoms with Gasteiger partial charge in [0.1, 0.15) is 0 Å². The highest BCUT2D eigenvalue weighted by Gasteiger charge is 2.19. The predicted octanol–water partition coefficient (Wildman–Crippen LogP) is 7.10. The zero-order chi connectivity index (χ0) is 19.5. The Balaban J connectivity index is 1.80. The van der Waals surface area contributed by atoms with Crippen molar-refractivity contribution in [1.29, 1.82) is 0 Å². The van der Waals surface area contributed by atoms with Gasteiger partial charge in [0.25, 0.3) is 0 Å². The molecule has 0 radical (unpaired) electrons. The summed E-state index contributed by atoms with van der Waals surface area (Å²) in [6.45, 7) is 0. The number of para-hydroxylation sites is 1. The van der Waals surface area contributed by atoms with E-state index >= 15 is 0 Å². The number of allylic oxidation sites excluding steroid dienone is 1. The fourth-order valence-corrected chi connectivity index (χ4v) is 4.31. The average Bonchev–Trinajstić information content (AvgIpc) is 3.17. The van der Waals surface area contributed by atoms with E-state index in [1.807, 2.05) is 85.1 Å². The average molecular weight is 422 g/mol. The van der Waals surface area contributed by atoms with E-state index in [1.165, 1.54) is 11.3 Å². The summed E-state index contributed by atoms with van der Waals surface area (Å²) in [6, 6.07) is 23.3. The van der Waals surface area contributed by atoms with Gasteiger partial charge in [-0.1, -0.05) is 48.0 Å². The van der Waals surface area contributed by atoms with Gasteiger partial charge in [0, 0.05) is 15.5 Å². The van der Waals surface area contributed by atoms with Gasteiger partial charge in [0.2, 0.25) is 5.78 Å². The topological polar surface area (TPSA) is 30.0 Å². The Morgan fingerprint density at radius 1 is 1.00 bits per heavy atom. The Labute approximate surface area is 176 Å². The van der Waals surface area contributed by atoms with Crippen molar-refractivity contribution in [2.45, 2.75) is 4.90 Å². The number of thiazole rings is 1. The Hall–Kier alpha value is -2.40. The van der Waals surface area contributed by atoms with E-state index in [4.69, 9.17) is 11.6 Å². The molecule has 0 amide bonds. The van der Waals surface area contributed by atoms with Crippen LogP contribution in [0.4, 0.5) is 0 Å². The Morgan fingerprint density at radius 3 is 2.39 bits per heavy atom. The molecule has 0 bridgehead atoms. The number of benzene rings is 3. The molecule has 0 atom stereocenters. The molecule has 0 fully saturated rings. The van der Waals surface area contributed by atoms with Crippen LogP contribution in [0.15, 0.2) is 77.7 Å². The molecule has 0 saturated heterocycles. The van der Waals surface area contributed by atoms with Gasteiger partial charge >= 0.3 is 0 Å². The molecule has 0 aliphatic rings. The molecule has 0 aliphatic carbocycles. The first-order valence-corrected chi connectivity index (χ1v) is 11.1. The molecule has 28 heavy (non-hydrogen) atoms. The number of halogens is 1. The number of aromatic nitrogens is 1. The number of Topliss-reactive ketones (excluding diaryl/α,β-unsaturated/α-hetero) is 1. The fourth-order valence-electron chi connectivity index (χ4n) is 2.86. The molecular weight excluding hydrogens is 406 g/mol. The lowest BCUT2D eigenvalue weighted by Crippen LogP contribution is -2.02. The predicted molar refractivity (Wildman–Crippen MR) is 121 cm³/mol. The van der Waals surface area contributed by atoms with E-state index in [2.05, 4.69) is 4.98 Å². The third kappa shape index (κ3) is 4.04. The summed E-state index contributed by atoms with van der Waals surface area (Å²) >= 11 is 9.10. The molecule has 0 aliphatic heterocycles. The fraction of sp³-hybridized carbons (Fsp3) is 0.0435. The van der Waals surface area contributed by atoms with Crippen molar-refractivity contribution in [3.63, 3.8) is 0 Å². The van der Waals surface area contributed by atoms with Crippen LogP contribution in [0.5, 0.6) is 0 Å². The lowest BCUT2D eigenvalue weighted by Gasteiger charge is -2.07. The maximum absolute atomic E-state index is 13.4. The van der Waals surface area contributed by atoms with Crippen LogP contribution in [-0.4, -0.2) is 17.0 Å². The molecule has 4 rings (SSSR count). The minimum Gasteiger partial charge on any atom is -0.286 e. The second-order valence-electron chi connectivity index (χ2n) is 6.15. The van der Waals surface area contributed by atoms with Gasteiger partial charge in [-0.05, 0) is 59.9 Å². The number of rotatable bonds is 5. The molecule has 2 nitrogen and oxygen atoms in total. The van der Waals surface area contributed by atoms with E-state index in [9.17, 15) is 4.79 Å². The van der Waals surface area contributed by atoms with E-state index in [1.54, 1.807) is 11.8 Å². The number of ketones is 1. The third-order valence-electron chi connectivity index (χ3n) is 4.31. The van der Waals surface area contributed by atoms with E-state index in [0.717, 1.165) is 26.2 Å². The summed E-state index contributed by atoms with van der Waals surface area (Å²) in [7, 11) is 0. The molecule has 0 saturated carbocycles. The number of fused-ring (bicyclic) bond motifs is 1. The molecular formula is C23H16ClNOS2. The SMILES string of the molecule is CSc1ccc(/C(=C\c2ccc(Cl)cc2)C(=O)c2nc3ccccc3s2)cc1. The van der Waals surface area contributed by atoms with Crippen molar-refractivity contribution in [2.24, 2.45) is 0 Å². The number of carbonyl (C=O) groups is 1. The van der Waals surface area contributed by atoms with Crippen molar-refractivity contribution >= 4 is 62.3 Å². The first kappa shape index (κ1) is 18.9. The molecule has 1 heterocycles. The number of hydrogen-bond acceptors (Lipinski definition) is 4. The van der Waals surface area contributed by atoms with Crippen molar-refractivity contribution in [1.82, 2.24) is 4.98 Å². The van der Waals surface area contributed by atoms with Gasteiger partial charge in [-0.15, -0.1) is 23.1 Å². The standard InChI is InChI=1S/C23H16ClNOS2/c1-27-18-12-8-16(9-13-18)19(14-15-6-10-17(24)11-7-15)22(26)23-25-20-4-2-3-5-21(20)28-23/h2-14H,1H3/b19-14+. The van der Waals surface area contributed by atoms with Crippen LogP contribution in [0.2, 0.25) is 5.02 Å². The Kier molecular flexibility index (Phi) is 5.62. The summed E-state index contributed by atoms with van der Waals surface area (Å²) in [4.78, 5) is 19.1. The summed E-state index contributed by atoms with van der Waals surface area (Å²) in [5.41, 5.74) is 3.26. The summed E-state index contributed by atoms with van der Waals surface area (Å²) in [5.74, 6) is -0.0759. The summed E-state index contributed by atoms with van der Waals surface area (Å²) < 4.78 is 1.01. The Bertz CT molecular complexity index is 1130. The lowest BCUT2D eigenvalue weighted by molar-refractivity contribution is 0.105. The highest BCUT2D eigenvalue weighted by molar-refractivity contribution is 7.98. The quantitative estimate of drug-likeness (QED) is 0.149. The van der Waals surface area contributed by atoms with Gasteiger partial charge in [0.05, 0.1) is 10.2 Å². The first-order valence-electron chi connectivity index (χ1n) is 8.66. The third-order valence-corrected chi connectivity index (χ3v) is 6.35. The summed E-state index contributed by atoms with van der Waals surface area (Å²) in [6.07, 6.45) is 3.94. The van der Waals surface area contributed by atoms with Crippen LogP contribution in [0.1, 0.15) is 20.9 Å². The maximum Gasteiger partial charge on any atom is 0.222 e. The van der Waals surface area contributed by atoms with Crippen molar-refractivity contribution in [2.75, 3.05) is 6.26 Å². The zero-order valence-corrected chi connectivity index (χ0v) is 17.4. The monoisotopic (exact) mass is 421 g/mol. The molecule has 0 N–H and O–H groups in total. The number of nitrogens with zero attached hydrogens (tertiary/aromatic N) is 1. The van der Waals surface area contributed by atoms with Crippen molar-refractivity contribution in [3.8, 4) is 0 Å². The smallest absolute Gasteiger partial charge is 0.222 e. The van der Waals surface area contributed by atoms with Crippen molar-refractivity contribution < 1.29 is 4.79 Å². The highest BCUT2D eigenvalue weighted by atomic mass is 35.5. The van der Waals surface area contributed by atoms with Gasteiger partial charge < -0.3 is 0 Å². The van der Waals surface area contributed by atoms with Gasteiger partial charge in [0.15, 0.2) is 5.01 Å². The van der Waals surface area contributed by atoms with Crippen LogP contribution < -0.4 is 0 Å². The van der Waals surface area contributed by atoms with Crippen molar-refractivity contribution in [3.05, 3.63) is 94.0 Å². The lowest BCUT2D eigenvalue weighted by atomic mass is 9.99. The van der Waals surface area contributed by atoms with E-state index in [0.29, 0.717) is 15.6 Å². The second-order valence-corrected chi connectivity index (χ2v) is 8.50. The van der Waals surface area contributed by atoms with Crippen LogP contribution in [0.25, 0.3) is 21.9 Å².